The molecule has 3 aromatic rings. The van der Waals surface area contributed by atoms with Crippen LogP contribution in [0.4, 0.5) is 25.1 Å². The number of carbonyl (C=O) groups excluding carboxylic acids is 3. The van der Waals surface area contributed by atoms with Gasteiger partial charge < -0.3 is 25.8 Å². The molecule has 4 rings (SSSR count). The number of halogens is 2. The highest BCUT2D eigenvalue weighted by Crippen LogP contribution is 2.43. The number of aromatic nitrogens is 2. The molecule has 4 amide bonds. The summed E-state index contributed by atoms with van der Waals surface area (Å²) in [5.41, 5.74) is 0.910. The van der Waals surface area contributed by atoms with Crippen molar-refractivity contribution >= 4 is 29.4 Å². The van der Waals surface area contributed by atoms with E-state index in [1.54, 1.807) is 13.8 Å². The number of urea groups is 1. The van der Waals surface area contributed by atoms with Crippen molar-refractivity contribution in [3.05, 3.63) is 89.6 Å². The monoisotopic (exact) mass is 565 g/mol. The van der Waals surface area contributed by atoms with E-state index in [9.17, 15) is 23.2 Å². The lowest BCUT2D eigenvalue weighted by atomic mass is 10.0. The van der Waals surface area contributed by atoms with Crippen LogP contribution in [0.5, 0.6) is 0 Å². The summed E-state index contributed by atoms with van der Waals surface area (Å²) in [5, 5.41) is 12.3. The molecule has 216 valence electrons. The maximum atomic E-state index is 14.1. The van der Waals surface area contributed by atoms with Gasteiger partial charge >= 0.3 is 12.6 Å². The third-order valence-corrected chi connectivity index (χ3v) is 6.89. The molecule has 0 unspecified atom stereocenters. The van der Waals surface area contributed by atoms with Crippen LogP contribution in [-0.4, -0.2) is 58.1 Å². The van der Waals surface area contributed by atoms with E-state index in [-0.39, 0.29) is 29.7 Å². The van der Waals surface area contributed by atoms with Crippen LogP contribution in [0.2, 0.25) is 0 Å². The van der Waals surface area contributed by atoms with Crippen LogP contribution in [0.1, 0.15) is 53.6 Å². The van der Waals surface area contributed by atoms with Gasteiger partial charge in [-0.25, -0.2) is 9.48 Å². The zero-order chi connectivity index (χ0) is 29.9. The Balaban J connectivity index is 1.58. The number of anilines is 2. The molecule has 41 heavy (non-hydrogen) atoms. The molecule has 1 aliphatic rings. The van der Waals surface area contributed by atoms with E-state index in [0.29, 0.717) is 22.5 Å². The second-order valence-electron chi connectivity index (χ2n) is 10.4. The van der Waals surface area contributed by atoms with E-state index in [1.807, 2.05) is 49.3 Å². The first-order chi connectivity index (χ1) is 19.4. The van der Waals surface area contributed by atoms with Crippen molar-refractivity contribution in [2.24, 2.45) is 0 Å². The molecule has 0 radical (unpaired) electrons. The maximum Gasteiger partial charge on any atom is 0.333 e. The molecule has 0 saturated carbocycles. The van der Waals surface area contributed by atoms with Gasteiger partial charge in [0.15, 0.2) is 5.82 Å². The van der Waals surface area contributed by atoms with Gasteiger partial charge in [-0.3, -0.25) is 9.59 Å². The number of likely N-dealkylation sites (N-methyl/N-ethyl adjacent to an activating group) is 1. The van der Waals surface area contributed by atoms with E-state index in [1.165, 1.54) is 29.2 Å². The summed E-state index contributed by atoms with van der Waals surface area (Å²) in [4.78, 5) is 41.5. The molecule has 0 fully saturated rings. The molecule has 1 atom stereocenters. The molecule has 12 heteroatoms. The Morgan fingerprint density at radius 2 is 1.73 bits per heavy atom. The second-order valence-corrected chi connectivity index (χ2v) is 10.4. The number of alkyl halides is 2. The third kappa shape index (κ3) is 6.27. The standard InChI is InChI=1S/C29H33F2N7O3/c1-6-23(39)32-20-14-12-19(13-15-20)26(40)34-25-21-16-37(29(2,3)24(21)38(35-25)27(30)31)28(41)33-22(17-36(4)5)18-10-8-7-9-11-18/h6-15,22,27H,1,16-17H2,2-5H3,(H,32,39)(H,33,41)(H,34,35,40)/t22-/m1/s1. The fraction of sp³-hybridized carbons (Fsp3) is 0.310. The zero-order valence-corrected chi connectivity index (χ0v) is 23.3. The van der Waals surface area contributed by atoms with Crippen LogP contribution in [0.15, 0.2) is 67.3 Å². The molecule has 0 aliphatic carbocycles. The fourth-order valence-electron chi connectivity index (χ4n) is 4.91. The van der Waals surface area contributed by atoms with E-state index in [2.05, 4.69) is 27.6 Å². The van der Waals surface area contributed by atoms with Crippen molar-refractivity contribution < 1.29 is 23.2 Å². The van der Waals surface area contributed by atoms with Gasteiger partial charge in [0.1, 0.15) is 0 Å². The Kier molecular flexibility index (Phi) is 8.52. The first-order valence-corrected chi connectivity index (χ1v) is 12.9. The van der Waals surface area contributed by atoms with Crippen LogP contribution in [-0.2, 0) is 16.9 Å². The predicted octanol–water partition coefficient (Wildman–Crippen LogP) is 4.72. The van der Waals surface area contributed by atoms with Crippen molar-refractivity contribution in [3.8, 4) is 0 Å². The minimum absolute atomic E-state index is 0.0352. The van der Waals surface area contributed by atoms with E-state index in [4.69, 9.17) is 0 Å². The quantitative estimate of drug-likeness (QED) is 0.325. The summed E-state index contributed by atoms with van der Waals surface area (Å²) in [5.74, 6) is -1.03. The topological polar surface area (TPSA) is 112 Å². The van der Waals surface area contributed by atoms with Crippen molar-refractivity contribution in [3.63, 3.8) is 0 Å². The van der Waals surface area contributed by atoms with Crippen LogP contribution in [0, 0.1) is 0 Å². The molecule has 1 aromatic heterocycles. The molecule has 0 bridgehead atoms. The molecule has 3 N–H and O–H groups in total. The van der Waals surface area contributed by atoms with Gasteiger partial charge in [0.2, 0.25) is 5.91 Å². The Labute approximate surface area is 237 Å². The Morgan fingerprint density at radius 1 is 1.07 bits per heavy atom. The van der Waals surface area contributed by atoms with Gasteiger partial charge in [0.25, 0.3) is 5.91 Å². The first-order valence-electron chi connectivity index (χ1n) is 12.9. The summed E-state index contributed by atoms with van der Waals surface area (Å²) >= 11 is 0. The summed E-state index contributed by atoms with van der Waals surface area (Å²) < 4.78 is 28.8. The van der Waals surface area contributed by atoms with Gasteiger partial charge in [0, 0.05) is 23.4 Å². The number of amides is 4. The van der Waals surface area contributed by atoms with Crippen LogP contribution >= 0.6 is 0 Å². The molecule has 0 saturated heterocycles. The molecule has 0 spiro atoms. The molecule has 10 nitrogen and oxygen atoms in total. The normalized spacial score (nSPS) is 14.5. The maximum absolute atomic E-state index is 14.1. The van der Waals surface area contributed by atoms with Crippen molar-refractivity contribution in [1.29, 1.82) is 0 Å². The lowest BCUT2D eigenvalue weighted by Gasteiger charge is -2.34. The molecular formula is C29H33F2N7O3. The van der Waals surface area contributed by atoms with Gasteiger partial charge in [-0.05, 0) is 63.8 Å². The van der Waals surface area contributed by atoms with E-state index < -0.39 is 29.9 Å². The highest BCUT2D eigenvalue weighted by Gasteiger charge is 2.47. The van der Waals surface area contributed by atoms with Crippen LogP contribution in [0.3, 0.4) is 0 Å². The van der Waals surface area contributed by atoms with Gasteiger partial charge in [-0.1, -0.05) is 36.9 Å². The van der Waals surface area contributed by atoms with E-state index >= 15 is 0 Å². The number of rotatable bonds is 9. The fourth-order valence-corrected chi connectivity index (χ4v) is 4.91. The average molecular weight is 566 g/mol. The lowest BCUT2D eigenvalue weighted by molar-refractivity contribution is -0.111. The summed E-state index contributed by atoms with van der Waals surface area (Å²) in [7, 11) is 3.80. The van der Waals surface area contributed by atoms with Gasteiger partial charge in [-0.15, -0.1) is 5.10 Å². The highest BCUT2D eigenvalue weighted by molar-refractivity contribution is 6.05. The number of hydrogen-bond acceptors (Lipinski definition) is 5. The number of carbonyl (C=O) groups is 3. The zero-order valence-electron chi connectivity index (χ0n) is 23.3. The van der Waals surface area contributed by atoms with Gasteiger partial charge in [-0.2, -0.15) is 8.78 Å². The summed E-state index contributed by atoms with van der Waals surface area (Å²) in [6, 6.07) is 14.7. The third-order valence-electron chi connectivity index (χ3n) is 6.89. The smallest absolute Gasteiger partial charge is 0.330 e. The number of nitrogens with zero attached hydrogens (tertiary/aromatic N) is 4. The summed E-state index contributed by atoms with van der Waals surface area (Å²) in [6.07, 6.45) is 1.12. The van der Waals surface area contributed by atoms with Gasteiger partial charge in [0.05, 0.1) is 23.8 Å². The minimum atomic E-state index is -2.99. The Morgan fingerprint density at radius 3 is 2.32 bits per heavy atom. The van der Waals surface area contributed by atoms with Crippen molar-refractivity contribution in [2.75, 3.05) is 31.3 Å². The first kappa shape index (κ1) is 29.4. The van der Waals surface area contributed by atoms with Crippen molar-refractivity contribution in [2.45, 2.75) is 38.5 Å². The predicted molar refractivity (Wildman–Crippen MR) is 152 cm³/mol. The average Bonchev–Trinajstić information content (AvgIpc) is 3.43. The molecule has 2 aromatic carbocycles. The van der Waals surface area contributed by atoms with Crippen LogP contribution in [0.25, 0.3) is 0 Å². The van der Waals surface area contributed by atoms with E-state index in [0.717, 1.165) is 11.6 Å². The number of nitrogens with one attached hydrogen (secondary N) is 3. The number of benzene rings is 2. The SMILES string of the molecule is C=CC(=O)Nc1ccc(C(=O)Nc2nn(C(F)F)c3c2CN(C(=O)N[C@H](CN(C)C)c2ccccc2)C3(C)C)cc1. The Bertz CT molecular complexity index is 1440. The molecule has 2 heterocycles. The highest BCUT2D eigenvalue weighted by atomic mass is 19.3. The van der Waals surface area contributed by atoms with Crippen LogP contribution < -0.4 is 16.0 Å². The van der Waals surface area contributed by atoms with Crippen molar-refractivity contribution in [1.82, 2.24) is 24.9 Å². The number of hydrogen-bond donors (Lipinski definition) is 3. The largest absolute Gasteiger partial charge is 0.333 e. The summed E-state index contributed by atoms with van der Waals surface area (Å²) in [6.45, 7) is 4.23. The second kappa shape index (κ2) is 11.9. The number of fused-ring (bicyclic) bond motifs is 1. The lowest BCUT2D eigenvalue weighted by Crippen LogP contribution is -2.49. The molecular weight excluding hydrogens is 532 g/mol. The molecule has 1 aliphatic heterocycles. The minimum Gasteiger partial charge on any atom is -0.330 e. The Hall–Kier alpha value is -4.58.